The van der Waals surface area contributed by atoms with E-state index in [9.17, 15) is 4.79 Å². The van der Waals surface area contributed by atoms with E-state index in [1.165, 1.54) is 0 Å². The Hall–Kier alpha value is -2.86. The third-order valence-corrected chi connectivity index (χ3v) is 5.21. The van der Waals surface area contributed by atoms with E-state index in [0.717, 1.165) is 43.6 Å². The van der Waals surface area contributed by atoms with Crippen molar-refractivity contribution in [1.29, 1.82) is 0 Å². The summed E-state index contributed by atoms with van der Waals surface area (Å²) in [4.78, 5) is 18.8. The van der Waals surface area contributed by atoms with E-state index in [1.54, 1.807) is 12.1 Å². The Morgan fingerprint density at radius 1 is 1.14 bits per heavy atom. The van der Waals surface area contributed by atoms with E-state index in [4.69, 9.17) is 16.1 Å². The molecular formula is C21H21ClN4O2. The molecule has 7 heteroatoms. The monoisotopic (exact) mass is 396 g/mol. The van der Waals surface area contributed by atoms with Gasteiger partial charge in [-0.05, 0) is 43.0 Å². The first-order valence-electron chi connectivity index (χ1n) is 9.37. The zero-order valence-electron chi connectivity index (χ0n) is 15.3. The number of hydrogen-bond donors (Lipinski definition) is 1. The minimum atomic E-state index is 0.107. The molecule has 0 saturated carbocycles. The topological polar surface area (TPSA) is 71.3 Å². The first-order valence-corrected chi connectivity index (χ1v) is 9.75. The Balaban J connectivity index is 1.27. The molecule has 28 heavy (non-hydrogen) atoms. The molecule has 1 saturated heterocycles. The van der Waals surface area contributed by atoms with Gasteiger partial charge >= 0.3 is 6.01 Å². The molecule has 2 heterocycles. The van der Waals surface area contributed by atoms with E-state index >= 15 is 0 Å². The van der Waals surface area contributed by atoms with Crippen LogP contribution >= 0.6 is 11.6 Å². The van der Waals surface area contributed by atoms with Crippen LogP contribution < -0.4 is 5.32 Å². The zero-order valence-corrected chi connectivity index (χ0v) is 16.1. The van der Waals surface area contributed by atoms with Crippen molar-refractivity contribution in [2.24, 2.45) is 5.92 Å². The van der Waals surface area contributed by atoms with Crippen molar-refractivity contribution in [2.45, 2.75) is 12.8 Å². The summed E-state index contributed by atoms with van der Waals surface area (Å²) in [6.07, 6.45) is 1.89. The van der Waals surface area contributed by atoms with Crippen molar-refractivity contribution < 1.29 is 9.32 Å². The summed E-state index contributed by atoms with van der Waals surface area (Å²) in [7, 11) is 0. The number of carbonyl (C=O) groups excluding carboxylic acids is 1. The number of rotatable bonds is 5. The summed E-state index contributed by atoms with van der Waals surface area (Å²) in [6.45, 7) is 2.26. The molecule has 0 unspecified atom stereocenters. The molecule has 0 atom stereocenters. The second-order valence-corrected chi connectivity index (χ2v) is 7.35. The Morgan fingerprint density at radius 2 is 1.93 bits per heavy atom. The number of anilines is 1. The number of nitrogens with zero attached hydrogens (tertiary/aromatic N) is 3. The van der Waals surface area contributed by atoms with Crippen molar-refractivity contribution >= 4 is 23.5 Å². The fraction of sp³-hybridized carbons (Fsp3) is 0.286. The fourth-order valence-electron chi connectivity index (χ4n) is 3.38. The van der Waals surface area contributed by atoms with Crippen LogP contribution in [0.4, 0.5) is 6.01 Å². The van der Waals surface area contributed by atoms with Crippen LogP contribution in [0.25, 0.3) is 11.4 Å². The van der Waals surface area contributed by atoms with Gasteiger partial charge in [0, 0.05) is 35.8 Å². The fourth-order valence-corrected chi connectivity index (χ4v) is 3.57. The summed E-state index contributed by atoms with van der Waals surface area (Å²) < 4.78 is 5.29. The summed E-state index contributed by atoms with van der Waals surface area (Å²) >= 11 is 6.01. The van der Waals surface area contributed by atoms with Gasteiger partial charge in [0.1, 0.15) is 0 Å². The highest BCUT2D eigenvalue weighted by atomic mass is 35.5. The normalized spacial score (nSPS) is 14.8. The number of hydrogen-bond acceptors (Lipinski definition) is 5. The number of halogens is 1. The molecule has 4 rings (SSSR count). The Labute approximate surface area is 168 Å². The van der Waals surface area contributed by atoms with Gasteiger partial charge in [0.2, 0.25) is 5.82 Å². The Bertz CT molecular complexity index is 936. The van der Waals surface area contributed by atoms with Gasteiger partial charge in [-0.1, -0.05) is 47.1 Å². The van der Waals surface area contributed by atoms with Gasteiger partial charge in [-0.15, -0.1) is 0 Å². The van der Waals surface area contributed by atoms with Crippen LogP contribution in [0.5, 0.6) is 0 Å². The molecule has 0 radical (unpaired) electrons. The molecule has 3 aromatic rings. The second kappa shape index (κ2) is 8.44. The number of carbonyl (C=O) groups is 1. The van der Waals surface area contributed by atoms with Gasteiger partial charge in [0.15, 0.2) is 0 Å². The molecule has 144 valence electrons. The first kappa shape index (κ1) is 18.5. The molecule has 0 bridgehead atoms. The first-order chi connectivity index (χ1) is 13.7. The van der Waals surface area contributed by atoms with E-state index in [1.807, 2.05) is 47.4 Å². The molecular weight excluding hydrogens is 376 g/mol. The van der Waals surface area contributed by atoms with Crippen molar-refractivity contribution in [1.82, 2.24) is 15.0 Å². The SMILES string of the molecule is O=C(c1ccccc1)N1CCC(CNc2nc(-c3cccc(Cl)c3)no2)CC1. The molecule has 1 N–H and O–H groups in total. The quantitative estimate of drug-likeness (QED) is 0.694. The molecule has 0 spiro atoms. The molecule has 1 fully saturated rings. The van der Waals surface area contributed by atoms with E-state index in [2.05, 4.69) is 15.5 Å². The van der Waals surface area contributed by atoms with Gasteiger partial charge in [0.05, 0.1) is 0 Å². The molecule has 1 aromatic heterocycles. The van der Waals surface area contributed by atoms with Gasteiger partial charge < -0.3 is 14.7 Å². The number of nitrogens with one attached hydrogen (secondary N) is 1. The maximum Gasteiger partial charge on any atom is 0.321 e. The lowest BCUT2D eigenvalue weighted by Crippen LogP contribution is -2.39. The summed E-state index contributed by atoms with van der Waals surface area (Å²) in [6, 6.07) is 17.2. The average molecular weight is 397 g/mol. The lowest BCUT2D eigenvalue weighted by molar-refractivity contribution is 0.0694. The zero-order chi connectivity index (χ0) is 19.3. The maximum atomic E-state index is 12.5. The lowest BCUT2D eigenvalue weighted by Gasteiger charge is -2.32. The number of benzene rings is 2. The predicted octanol–water partition coefficient (Wildman–Crippen LogP) is 4.35. The number of piperidine rings is 1. The van der Waals surface area contributed by atoms with E-state index in [-0.39, 0.29) is 5.91 Å². The molecule has 6 nitrogen and oxygen atoms in total. The van der Waals surface area contributed by atoms with E-state index < -0.39 is 0 Å². The van der Waals surface area contributed by atoms with Gasteiger partial charge in [-0.25, -0.2) is 0 Å². The maximum absolute atomic E-state index is 12.5. The number of amides is 1. The molecule has 1 aliphatic rings. The molecule has 1 aliphatic heterocycles. The minimum Gasteiger partial charge on any atom is -0.339 e. The Kier molecular flexibility index (Phi) is 5.58. The van der Waals surface area contributed by atoms with Crippen LogP contribution in [-0.4, -0.2) is 40.6 Å². The second-order valence-electron chi connectivity index (χ2n) is 6.92. The largest absolute Gasteiger partial charge is 0.339 e. The highest BCUT2D eigenvalue weighted by Crippen LogP contribution is 2.23. The van der Waals surface area contributed by atoms with Crippen LogP contribution in [0.2, 0.25) is 5.02 Å². The minimum absolute atomic E-state index is 0.107. The van der Waals surface area contributed by atoms with Crippen LogP contribution in [0.3, 0.4) is 0 Å². The highest BCUT2D eigenvalue weighted by Gasteiger charge is 2.23. The van der Waals surface area contributed by atoms with Crippen LogP contribution in [-0.2, 0) is 0 Å². The Morgan fingerprint density at radius 3 is 2.68 bits per heavy atom. The molecule has 1 amide bonds. The van der Waals surface area contributed by atoms with Crippen molar-refractivity contribution in [3.05, 3.63) is 65.2 Å². The highest BCUT2D eigenvalue weighted by molar-refractivity contribution is 6.30. The van der Waals surface area contributed by atoms with Crippen molar-refractivity contribution in [2.75, 3.05) is 25.0 Å². The third-order valence-electron chi connectivity index (χ3n) is 4.97. The summed E-state index contributed by atoms with van der Waals surface area (Å²) in [5, 5.41) is 7.85. The number of aromatic nitrogens is 2. The molecule has 2 aromatic carbocycles. The smallest absolute Gasteiger partial charge is 0.321 e. The lowest BCUT2D eigenvalue weighted by atomic mass is 9.96. The third kappa shape index (κ3) is 4.34. The van der Waals surface area contributed by atoms with Gasteiger partial charge in [-0.3, -0.25) is 4.79 Å². The number of likely N-dealkylation sites (tertiary alicyclic amines) is 1. The van der Waals surface area contributed by atoms with Gasteiger partial charge in [-0.2, -0.15) is 4.98 Å². The van der Waals surface area contributed by atoms with Gasteiger partial charge in [0.25, 0.3) is 5.91 Å². The standard InChI is InChI=1S/C21H21ClN4O2/c22-18-8-4-7-17(13-18)19-24-21(28-25-19)23-14-15-9-11-26(12-10-15)20(27)16-5-2-1-3-6-16/h1-8,13,15H,9-12,14H2,(H,23,24,25). The summed E-state index contributed by atoms with van der Waals surface area (Å²) in [5.41, 5.74) is 1.57. The van der Waals surface area contributed by atoms with Crippen molar-refractivity contribution in [3.8, 4) is 11.4 Å². The predicted molar refractivity (Wildman–Crippen MR) is 108 cm³/mol. The molecule has 0 aliphatic carbocycles. The summed E-state index contributed by atoms with van der Waals surface area (Å²) in [5.74, 6) is 1.07. The van der Waals surface area contributed by atoms with Crippen LogP contribution in [0, 0.1) is 5.92 Å². The average Bonchev–Trinajstić information content (AvgIpc) is 3.22. The van der Waals surface area contributed by atoms with Crippen molar-refractivity contribution in [3.63, 3.8) is 0 Å². The van der Waals surface area contributed by atoms with Crippen LogP contribution in [0.15, 0.2) is 59.1 Å². The van der Waals surface area contributed by atoms with Crippen LogP contribution in [0.1, 0.15) is 23.2 Å². The van der Waals surface area contributed by atoms with E-state index in [0.29, 0.717) is 22.8 Å².